The molecule has 1 amide bonds. The quantitative estimate of drug-likeness (QED) is 0.268. The zero-order chi connectivity index (χ0) is 23.8. The highest BCUT2D eigenvalue weighted by atomic mass is 19.4. The van der Waals surface area contributed by atoms with E-state index in [9.17, 15) is 22.8 Å². The maximum atomic E-state index is 12.9. The van der Waals surface area contributed by atoms with Crippen LogP contribution < -0.4 is 0 Å². The Morgan fingerprint density at radius 1 is 1.06 bits per heavy atom. The van der Waals surface area contributed by atoms with Crippen LogP contribution in [0.25, 0.3) is 5.69 Å². The van der Waals surface area contributed by atoms with Gasteiger partial charge in [0.05, 0.1) is 30.6 Å². The molecule has 11 heteroatoms. The van der Waals surface area contributed by atoms with E-state index in [2.05, 4.69) is 15.1 Å². The van der Waals surface area contributed by atoms with Crippen molar-refractivity contribution >= 4 is 11.9 Å². The number of carbonyl (C=O) groups excluding carboxylic acids is 2. The summed E-state index contributed by atoms with van der Waals surface area (Å²) in [5, 5.41) is 7.65. The number of rotatable bonds is 9. The Kier molecular flexibility index (Phi) is 7.78. The maximum Gasteiger partial charge on any atom is 0.544 e. The molecule has 0 unspecified atom stereocenters. The maximum absolute atomic E-state index is 12.9. The SMILES string of the molecule is CCCCOC(=O)c1ccc(-n2cc(C(=O)N(Cc3ccccc3)OC(F)(F)F)nn2)cc1. The standard InChI is InChI=1S/C22H21F3N4O4/c1-2-3-13-32-21(31)17-9-11-18(12-10-17)28-15-19(26-27-28)20(30)29(33-22(23,24)25)14-16-7-5-4-6-8-16/h4-12,15H,2-3,13-14H2,1H3. The summed E-state index contributed by atoms with van der Waals surface area (Å²) >= 11 is 0. The van der Waals surface area contributed by atoms with E-state index in [-0.39, 0.29) is 10.8 Å². The van der Waals surface area contributed by atoms with Gasteiger partial charge < -0.3 is 4.74 Å². The van der Waals surface area contributed by atoms with Crippen molar-refractivity contribution in [2.75, 3.05) is 6.61 Å². The Balaban J connectivity index is 1.74. The number of hydrogen-bond donors (Lipinski definition) is 0. The Morgan fingerprint density at radius 3 is 2.39 bits per heavy atom. The lowest BCUT2D eigenvalue weighted by Gasteiger charge is -2.21. The van der Waals surface area contributed by atoms with Gasteiger partial charge in [0.1, 0.15) is 0 Å². The van der Waals surface area contributed by atoms with E-state index in [0.29, 0.717) is 23.4 Å². The monoisotopic (exact) mass is 462 g/mol. The first-order chi connectivity index (χ1) is 15.8. The highest BCUT2D eigenvalue weighted by molar-refractivity contribution is 5.91. The lowest BCUT2D eigenvalue weighted by Crippen LogP contribution is -2.36. The van der Waals surface area contributed by atoms with Crippen LogP contribution in [0.4, 0.5) is 13.2 Å². The van der Waals surface area contributed by atoms with Crippen molar-refractivity contribution < 1.29 is 32.3 Å². The summed E-state index contributed by atoms with van der Waals surface area (Å²) in [6, 6.07) is 14.2. The highest BCUT2D eigenvalue weighted by Crippen LogP contribution is 2.22. The van der Waals surface area contributed by atoms with Crippen LogP contribution in [0, 0.1) is 0 Å². The van der Waals surface area contributed by atoms with Crippen molar-refractivity contribution in [2.45, 2.75) is 32.7 Å². The van der Waals surface area contributed by atoms with E-state index in [4.69, 9.17) is 4.74 Å². The molecule has 33 heavy (non-hydrogen) atoms. The molecule has 0 aliphatic heterocycles. The zero-order valence-electron chi connectivity index (χ0n) is 17.7. The van der Waals surface area contributed by atoms with E-state index in [1.165, 1.54) is 23.0 Å². The second kappa shape index (κ2) is 10.7. The molecule has 0 aliphatic carbocycles. The number of unbranched alkanes of at least 4 members (excludes halogenated alkanes) is 1. The summed E-state index contributed by atoms with van der Waals surface area (Å²) < 4.78 is 44.9. The van der Waals surface area contributed by atoms with Gasteiger partial charge in [-0.25, -0.2) is 14.5 Å². The molecule has 0 aliphatic rings. The number of hydrogen-bond acceptors (Lipinski definition) is 6. The average molecular weight is 462 g/mol. The molecular formula is C22H21F3N4O4. The van der Waals surface area contributed by atoms with Gasteiger partial charge in [0.25, 0.3) is 5.91 Å². The second-order valence-corrected chi connectivity index (χ2v) is 6.95. The number of halogens is 3. The van der Waals surface area contributed by atoms with Crippen molar-refractivity contribution in [3.05, 3.63) is 77.6 Å². The molecule has 3 aromatic rings. The number of alkyl halides is 3. The van der Waals surface area contributed by atoms with Crippen LogP contribution in [0.5, 0.6) is 0 Å². The predicted octanol–water partition coefficient (Wildman–Crippen LogP) is 4.32. The normalized spacial score (nSPS) is 11.3. The minimum Gasteiger partial charge on any atom is -0.462 e. The second-order valence-electron chi connectivity index (χ2n) is 6.95. The fraction of sp³-hybridized carbons (Fsp3) is 0.273. The van der Waals surface area contributed by atoms with Gasteiger partial charge in [0, 0.05) is 0 Å². The largest absolute Gasteiger partial charge is 0.544 e. The molecule has 8 nitrogen and oxygen atoms in total. The molecular weight excluding hydrogens is 441 g/mol. The number of carbonyl (C=O) groups is 2. The molecule has 0 bridgehead atoms. The minimum atomic E-state index is -5.07. The van der Waals surface area contributed by atoms with Gasteiger partial charge in [-0.05, 0) is 36.2 Å². The first-order valence-electron chi connectivity index (χ1n) is 10.1. The lowest BCUT2D eigenvalue weighted by molar-refractivity contribution is -0.401. The molecule has 0 radical (unpaired) electrons. The number of hydroxylamine groups is 2. The number of benzene rings is 2. The predicted molar refractivity (Wildman–Crippen MR) is 110 cm³/mol. The molecule has 1 aromatic heterocycles. The summed E-state index contributed by atoms with van der Waals surface area (Å²) in [5.41, 5.74) is 0.860. The molecule has 0 N–H and O–H groups in total. The molecule has 3 rings (SSSR count). The Labute approximate surface area is 187 Å². The van der Waals surface area contributed by atoms with Crippen molar-refractivity contribution in [3.8, 4) is 5.69 Å². The third-order valence-electron chi connectivity index (χ3n) is 4.42. The molecule has 2 aromatic carbocycles. The van der Waals surface area contributed by atoms with Gasteiger partial charge in [0.15, 0.2) is 5.69 Å². The highest BCUT2D eigenvalue weighted by Gasteiger charge is 2.36. The Hall–Kier alpha value is -3.73. The van der Waals surface area contributed by atoms with Crippen LogP contribution in [0.2, 0.25) is 0 Å². The van der Waals surface area contributed by atoms with Crippen LogP contribution in [0.15, 0.2) is 60.8 Å². The minimum absolute atomic E-state index is 0.180. The van der Waals surface area contributed by atoms with Crippen molar-refractivity contribution in [1.82, 2.24) is 20.1 Å². The zero-order valence-corrected chi connectivity index (χ0v) is 17.7. The lowest BCUT2D eigenvalue weighted by atomic mass is 10.2. The summed E-state index contributed by atoms with van der Waals surface area (Å²) in [6.45, 7) is 1.86. The number of aromatic nitrogens is 3. The van der Waals surface area contributed by atoms with Crippen LogP contribution in [-0.2, 0) is 16.1 Å². The van der Waals surface area contributed by atoms with Gasteiger partial charge in [-0.3, -0.25) is 4.79 Å². The average Bonchev–Trinajstić information content (AvgIpc) is 3.28. The van der Waals surface area contributed by atoms with E-state index >= 15 is 0 Å². The molecule has 0 saturated heterocycles. The molecule has 0 saturated carbocycles. The van der Waals surface area contributed by atoms with E-state index in [0.717, 1.165) is 12.8 Å². The summed E-state index contributed by atoms with van der Waals surface area (Å²) in [4.78, 5) is 28.6. The number of nitrogens with zero attached hydrogens (tertiary/aromatic N) is 4. The van der Waals surface area contributed by atoms with Gasteiger partial charge in [-0.1, -0.05) is 48.9 Å². The van der Waals surface area contributed by atoms with Crippen molar-refractivity contribution in [3.63, 3.8) is 0 Å². The van der Waals surface area contributed by atoms with Gasteiger partial charge >= 0.3 is 12.3 Å². The third-order valence-corrected chi connectivity index (χ3v) is 4.42. The topological polar surface area (TPSA) is 86.5 Å². The smallest absolute Gasteiger partial charge is 0.462 e. The van der Waals surface area contributed by atoms with Crippen molar-refractivity contribution in [2.24, 2.45) is 0 Å². The summed E-state index contributed by atoms with van der Waals surface area (Å²) in [7, 11) is 0. The Morgan fingerprint density at radius 2 is 1.76 bits per heavy atom. The van der Waals surface area contributed by atoms with Gasteiger partial charge in [-0.15, -0.1) is 18.3 Å². The van der Waals surface area contributed by atoms with Crippen LogP contribution in [0.3, 0.4) is 0 Å². The first-order valence-corrected chi connectivity index (χ1v) is 10.1. The van der Waals surface area contributed by atoms with Crippen LogP contribution in [-0.4, -0.2) is 44.9 Å². The van der Waals surface area contributed by atoms with E-state index < -0.39 is 24.8 Å². The number of ether oxygens (including phenoxy) is 1. The fourth-order valence-electron chi connectivity index (χ4n) is 2.78. The van der Waals surface area contributed by atoms with Crippen molar-refractivity contribution in [1.29, 1.82) is 0 Å². The first kappa shape index (κ1) is 23.9. The molecule has 1 heterocycles. The van der Waals surface area contributed by atoms with Crippen LogP contribution >= 0.6 is 0 Å². The molecule has 174 valence electrons. The molecule has 0 atom stereocenters. The molecule has 0 fully saturated rings. The van der Waals surface area contributed by atoms with Crippen LogP contribution in [0.1, 0.15) is 46.2 Å². The summed E-state index contributed by atoms with van der Waals surface area (Å²) in [5.74, 6) is -1.58. The number of esters is 1. The third kappa shape index (κ3) is 6.88. The summed E-state index contributed by atoms with van der Waals surface area (Å²) in [6.07, 6.45) is -2.23. The van der Waals surface area contributed by atoms with Gasteiger partial charge in [0.2, 0.25) is 0 Å². The fourth-order valence-corrected chi connectivity index (χ4v) is 2.78. The molecule has 0 spiro atoms. The van der Waals surface area contributed by atoms with E-state index in [1.54, 1.807) is 42.5 Å². The Bertz CT molecular complexity index is 1070. The van der Waals surface area contributed by atoms with Gasteiger partial charge in [-0.2, -0.15) is 4.84 Å². The van der Waals surface area contributed by atoms with E-state index in [1.807, 2.05) is 6.92 Å². The number of amides is 1.